The molecule has 1 fully saturated rings. The molecule has 1 aliphatic rings. The second-order valence-electron chi connectivity index (χ2n) is 8.09. The normalized spacial score (nSPS) is 14.1. The van der Waals surface area contributed by atoms with E-state index in [0.29, 0.717) is 38.4 Å². The first kappa shape index (κ1) is 24.0. The highest BCUT2D eigenvalue weighted by atomic mass is 32.1. The minimum absolute atomic E-state index is 0.0437. The van der Waals surface area contributed by atoms with Crippen LogP contribution in [0.3, 0.4) is 0 Å². The molecule has 0 bridgehead atoms. The van der Waals surface area contributed by atoms with Crippen LogP contribution >= 0.6 is 12.2 Å². The van der Waals surface area contributed by atoms with Crippen LogP contribution in [0, 0.1) is 0 Å². The molecule has 3 rings (SSSR count). The van der Waals surface area contributed by atoms with E-state index >= 15 is 0 Å². The number of amides is 1. The van der Waals surface area contributed by atoms with E-state index < -0.39 is 0 Å². The summed E-state index contributed by atoms with van der Waals surface area (Å²) in [6, 6.07) is 10.1. The van der Waals surface area contributed by atoms with Gasteiger partial charge < -0.3 is 21.1 Å². The predicted molar refractivity (Wildman–Crippen MR) is 131 cm³/mol. The molecule has 32 heavy (non-hydrogen) atoms. The molecule has 9 heteroatoms. The summed E-state index contributed by atoms with van der Waals surface area (Å²) in [5, 5.41) is 10.2. The quantitative estimate of drug-likeness (QED) is 0.332. The summed E-state index contributed by atoms with van der Waals surface area (Å²) in [5.74, 6) is 1.55. The van der Waals surface area contributed by atoms with Crippen molar-refractivity contribution in [2.24, 2.45) is 5.73 Å². The number of nitrogens with one attached hydrogen (secondary N) is 2. The first-order valence-electron chi connectivity index (χ1n) is 11.4. The van der Waals surface area contributed by atoms with Crippen LogP contribution in [-0.2, 0) is 17.9 Å². The highest BCUT2D eigenvalue weighted by Gasteiger charge is 2.10. The maximum Gasteiger partial charge on any atom is 0.220 e. The van der Waals surface area contributed by atoms with Gasteiger partial charge in [-0.3, -0.25) is 14.4 Å². The van der Waals surface area contributed by atoms with E-state index in [2.05, 4.69) is 38.8 Å². The number of hydrogen-bond donors (Lipinski definition) is 3. The number of carbonyl (C=O) groups excluding carboxylic acids is 1. The molecule has 1 aromatic carbocycles. The molecule has 1 aliphatic heterocycles. The SMILES string of the molecule is NC(=S)Nc1ccn(CCCC(=O)NCCCOc2cccc(CN3CCCCC3)c2)n1. The van der Waals surface area contributed by atoms with Gasteiger partial charge in [-0.05, 0) is 68.7 Å². The van der Waals surface area contributed by atoms with Crippen molar-refractivity contribution in [2.75, 3.05) is 31.6 Å². The molecule has 0 aliphatic carbocycles. The first-order chi connectivity index (χ1) is 15.6. The minimum atomic E-state index is 0.0437. The van der Waals surface area contributed by atoms with Crippen LogP contribution in [0.2, 0.25) is 0 Å². The van der Waals surface area contributed by atoms with E-state index in [-0.39, 0.29) is 11.0 Å². The lowest BCUT2D eigenvalue weighted by Gasteiger charge is -2.26. The fourth-order valence-electron chi connectivity index (χ4n) is 3.77. The standard InChI is InChI=1S/C23H34N6O2S/c24-23(32)26-21-10-15-29(27-21)14-5-9-22(30)25-11-6-16-31-20-8-4-7-19(17-20)18-28-12-2-1-3-13-28/h4,7-8,10,15,17H,1-3,5-6,9,11-14,16,18H2,(H,25,30)(H3,24,26,27,32). The summed E-state index contributed by atoms with van der Waals surface area (Å²) >= 11 is 4.79. The molecule has 0 atom stereocenters. The number of benzene rings is 1. The Labute approximate surface area is 195 Å². The Morgan fingerprint density at radius 2 is 2.03 bits per heavy atom. The van der Waals surface area contributed by atoms with Crippen LogP contribution in [-0.4, -0.2) is 51.9 Å². The second kappa shape index (κ2) is 13.0. The number of anilines is 1. The van der Waals surface area contributed by atoms with Crippen molar-refractivity contribution in [2.45, 2.75) is 51.6 Å². The van der Waals surface area contributed by atoms with Crippen molar-refractivity contribution >= 4 is 29.1 Å². The molecule has 1 aromatic heterocycles. The Bertz CT molecular complexity index is 866. The number of aryl methyl sites for hydroxylation is 1. The number of ether oxygens (including phenoxy) is 1. The summed E-state index contributed by atoms with van der Waals surface area (Å²) in [6.07, 6.45) is 7.72. The summed E-state index contributed by atoms with van der Waals surface area (Å²) in [4.78, 5) is 14.5. The van der Waals surface area contributed by atoms with E-state index in [9.17, 15) is 4.79 Å². The fraction of sp³-hybridized carbons (Fsp3) is 0.522. The summed E-state index contributed by atoms with van der Waals surface area (Å²) < 4.78 is 7.65. The van der Waals surface area contributed by atoms with Crippen molar-refractivity contribution in [1.29, 1.82) is 0 Å². The van der Waals surface area contributed by atoms with E-state index in [1.54, 1.807) is 10.7 Å². The van der Waals surface area contributed by atoms with Crippen molar-refractivity contribution < 1.29 is 9.53 Å². The maximum atomic E-state index is 12.0. The van der Waals surface area contributed by atoms with Crippen LogP contribution in [0.15, 0.2) is 36.5 Å². The number of carbonyl (C=O) groups is 1. The molecule has 174 valence electrons. The molecule has 2 aromatic rings. The molecule has 0 radical (unpaired) electrons. The summed E-state index contributed by atoms with van der Waals surface area (Å²) in [7, 11) is 0. The van der Waals surface area contributed by atoms with Crippen molar-refractivity contribution in [3.63, 3.8) is 0 Å². The molecular formula is C23H34N6O2S. The number of thiocarbonyl (C=S) groups is 1. The van der Waals surface area contributed by atoms with E-state index in [4.69, 9.17) is 22.7 Å². The van der Waals surface area contributed by atoms with Crippen LogP contribution in [0.4, 0.5) is 5.82 Å². The molecule has 0 unspecified atom stereocenters. The van der Waals surface area contributed by atoms with Crippen molar-refractivity contribution in [1.82, 2.24) is 20.0 Å². The van der Waals surface area contributed by atoms with Crippen molar-refractivity contribution in [3.05, 3.63) is 42.1 Å². The molecule has 8 nitrogen and oxygen atoms in total. The highest BCUT2D eigenvalue weighted by molar-refractivity contribution is 7.80. The monoisotopic (exact) mass is 458 g/mol. The average molecular weight is 459 g/mol. The zero-order valence-corrected chi connectivity index (χ0v) is 19.4. The van der Waals surface area contributed by atoms with Gasteiger partial charge in [0.05, 0.1) is 6.61 Å². The van der Waals surface area contributed by atoms with E-state index in [1.165, 1.54) is 37.9 Å². The van der Waals surface area contributed by atoms with Gasteiger partial charge >= 0.3 is 0 Å². The third-order valence-corrected chi connectivity index (χ3v) is 5.45. The first-order valence-corrected chi connectivity index (χ1v) is 11.8. The molecule has 2 heterocycles. The van der Waals surface area contributed by atoms with E-state index in [1.807, 2.05) is 12.3 Å². The molecule has 0 spiro atoms. The number of likely N-dealkylation sites (tertiary alicyclic amines) is 1. The van der Waals surface area contributed by atoms with Crippen molar-refractivity contribution in [3.8, 4) is 5.75 Å². The van der Waals surface area contributed by atoms with Gasteiger partial charge in [0.15, 0.2) is 10.9 Å². The number of nitrogens with zero attached hydrogens (tertiary/aromatic N) is 3. The summed E-state index contributed by atoms with van der Waals surface area (Å²) in [5.41, 5.74) is 6.72. The van der Waals surface area contributed by atoms with Crippen LogP contribution in [0.25, 0.3) is 0 Å². The number of hydrogen-bond acceptors (Lipinski definition) is 5. The second-order valence-corrected chi connectivity index (χ2v) is 8.53. The lowest BCUT2D eigenvalue weighted by Crippen LogP contribution is -2.29. The minimum Gasteiger partial charge on any atom is -0.494 e. The largest absolute Gasteiger partial charge is 0.494 e. The third-order valence-electron chi connectivity index (χ3n) is 5.35. The molecule has 1 saturated heterocycles. The van der Waals surface area contributed by atoms with Crippen LogP contribution < -0.4 is 21.1 Å². The molecular weight excluding hydrogens is 424 g/mol. The number of aromatic nitrogens is 2. The van der Waals surface area contributed by atoms with Crippen LogP contribution in [0.1, 0.15) is 44.1 Å². The number of rotatable bonds is 12. The lowest BCUT2D eigenvalue weighted by molar-refractivity contribution is -0.121. The number of nitrogens with two attached hydrogens (primary N) is 1. The summed E-state index contributed by atoms with van der Waals surface area (Å²) in [6.45, 7) is 5.21. The van der Waals surface area contributed by atoms with Gasteiger partial charge in [0.1, 0.15) is 5.75 Å². The highest BCUT2D eigenvalue weighted by Crippen LogP contribution is 2.17. The fourth-order valence-corrected chi connectivity index (χ4v) is 3.87. The van der Waals surface area contributed by atoms with Gasteiger partial charge in [0.2, 0.25) is 5.91 Å². The maximum absolute atomic E-state index is 12.0. The van der Waals surface area contributed by atoms with Gasteiger partial charge in [-0.1, -0.05) is 18.6 Å². The topological polar surface area (TPSA) is 97.4 Å². The molecule has 4 N–H and O–H groups in total. The Hall–Kier alpha value is -2.65. The predicted octanol–water partition coefficient (Wildman–Crippen LogP) is 2.89. The van der Waals surface area contributed by atoms with Crippen LogP contribution in [0.5, 0.6) is 5.75 Å². The van der Waals surface area contributed by atoms with Gasteiger partial charge in [-0.25, -0.2) is 0 Å². The molecule has 1 amide bonds. The van der Waals surface area contributed by atoms with Gasteiger partial charge in [-0.15, -0.1) is 0 Å². The zero-order chi connectivity index (χ0) is 22.6. The Kier molecular flexibility index (Phi) is 9.77. The van der Waals surface area contributed by atoms with Gasteiger partial charge in [0, 0.05) is 38.3 Å². The van der Waals surface area contributed by atoms with Gasteiger partial charge in [-0.2, -0.15) is 5.10 Å². The average Bonchev–Trinajstić information content (AvgIpc) is 3.21. The van der Waals surface area contributed by atoms with E-state index in [0.717, 1.165) is 18.7 Å². The zero-order valence-electron chi connectivity index (χ0n) is 18.6. The lowest BCUT2D eigenvalue weighted by atomic mass is 10.1. The van der Waals surface area contributed by atoms with Gasteiger partial charge in [0.25, 0.3) is 0 Å². The smallest absolute Gasteiger partial charge is 0.220 e. The Balaban J connectivity index is 1.25. The third kappa shape index (κ3) is 8.84. The Morgan fingerprint density at radius 1 is 1.19 bits per heavy atom. The number of piperidine rings is 1. The Morgan fingerprint density at radius 3 is 2.84 bits per heavy atom. The molecule has 0 saturated carbocycles.